The fraction of sp³-hybridized carbons (Fsp3) is 0.281. The van der Waals surface area contributed by atoms with Crippen LogP contribution in [0, 0.1) is 0 Å². The quantitative estimate of drug-likeness (QED) is 0.182. The Morgan fingerprint density at radius 3 is 2.27 bits per heavy atom. The normalized spacial score (nSPS) is 11.7. The molecule has 0 spiro atoms. The molecule has 4 aromatic rings. The maximum atomic E-state index is 12.8. The van der Waals surface area contributed by atoms with E-state index in [-0.39, 0.29) is 18.4 Å². The van der Waals surface area contributed by atoms with E-state index in [0.717, 1.165) is 36.3 Å². The number of aromatic amines is 1. The molecule has 0 bridgehead atoms. The molecule has 0 saturated heterocycles. The van der Waals surface area contributed by atoms with Crippen molar-refractivity contribution in [3.63, 3.8) is 0 Å². The van der Waals surface area contributed by atoms with Gasteiger partial charge in [-0.25, -0.2) is 9.79 Å². The number of aromatic hydroxyl groups is 1. The number of hydrogen-bond acceptors (Lipinski definition) is 6. The first kappa shape index (κ1) is 28.6. The Bertz CT molecular complexity index is 1490. The Balaban J connectivity index is 1.67. The molecule has 0 saturated carbocycles. The highest BCUT2D eigenvalue weighted by Crippen LogP contribution is 2.32. The van der Waals surface area contributed by atoms with E-state index in [4.69, 9.17) is 9.73 Å². The van der Waals surface area contributed by atoms with Gasteiger partial charge in [0.2, 0.25) is 5.91 Å². The number of benzene rings is 3. The van der Waals surface area contributed by atoms with Crippen LogP contribution < -0.4 is 4.90 Å². The van der Waals surface area contributed by atoms with E-state index in [1.54, 1.807) is 37.1 Å². The average Bonchev–Trinajstić information content (AvgIpc) is 3.31. The van der Waals surface area contributed by atoms with Gasteiger partial charge in [0.1, 0.15) is 0 Å². The number of hydrogen-bond donors (Lipinski definition) is 2. The van der Waals surface area contributed by atoms with Crippen LogP contribution in [-0.4, -0.2) is 65.9 Å². The Hall–Kier alpha value is -4.43. The number of carbonyl (C=O) groups is 2. The van der Waals surface area contributed by atoms with Gasteiger partial charge in [-0.1, -0.05) is 50.2 Å². The second-order valence-corrected chi connectivity index (χ2v) is 9.40. The van der Waals surface area contributed by atoms with Crippen molar-refractivity contribution < 1.29 is 19.4 Å². The zero-order valence-corrected chi connectivity index (χ0v) is 23.5. The smallest absolute Gasteiger partial charge is 0.338 e. The summed E-state index contributed by atoms with van der Waals surface area (Å²) in [5.41, 5.74) is 4.37. The molecule has 0 unspecified atom stereocenters. The number of nitrogens with zero attached hydrogens (tertiary/aromatic N) is 3. The van der Waals surface area contributed by atoms with Crippen molar-refractivity contribution >= 4 is 39.9 Å². The summed E-state index contributed by atoms with van der Waals surface area (Å²) in [6.07, 6.45) is 0.452. The summed E-state index contributed by atoms with van der Waals surface area (Å²) >= 11 is 0. The number of carbonyl (C=O) groups excluding carboxylic acids is 2. The number of rotatable bonds is 11. The van der Waals surface area contributed by atoms with Gasteiger partial charge in [-0.3, -0.25) is 4.79 Å². The predicted molar refractivity (Wildman–Crippen MR) is 160 cm³/mol. The van der Waals surface area contributed by atoms with E-state index in [2.05, 4.69) is 23.7 Å². The first-order valence-corrected chi connectivity index (χ1v) is 13.6. The number of aromatic nitrogens is 1. The molecular formula is C32H36N4O4. The summed E-state index contributed by atoms with van der Waals surface area (Å²) in [6.45, 7) is 8.80. The predicted octanol–water partition coefficient (Wildman–Crippen LogP) is 5.91. The van der Waals surface area contributed by atoms with Gasteiger partial charge in [0.05, 0.1) is 29.1 Å². The Morgan fingerprint density at radius 2 is 1.62 bits per heavy atom. The molecule has 0 aliphatic heterocycles. The third-order valence-electron chi connectivity index (χ3n) is 6.96. The molecule has 8 nitrogen and oxygen atoms in total. The molecule has 40 heavy (non-hydrogen) atoms. The van der Waals surface area contributed by atoms with E-state index in [1.807, 2.05) is 54.6 Å². The van der Waals surface area contributed by atoms with Crippen LogP contribution in [0.25, 0.3) is 10.9 Å². The fourth-order valence-corrected chi connectivity index (χ4v) is 4.61. The van der Waals surface area contributed by atoms with Crippen LogP contribution in [0.2, 0.25) is 0 Å². The zero-order valence-electron chi connectivity index (χ0n) is 23.5. The van der Waals surface area contributed by atoms with Crippen molar-refractivity contribution in [1.82, 2.24) is 9.88 Å². The van der Waals surface area contributed by atoms with Crippen molar-refractivity contribution in [2.75, 3.05) is 38.2 Å². The average molecular weight is 541 g/mol. The lowest BCUT2D eigenvalue weighted by atomic mass is 10.00. The Kier molecular flexibility index (Phi) is 9.35. The highest BCUT2D eigenvalue weighted by molar-refractivity contribution is 6.22. The van der Waals surface area contributed by atoms with E-state index in [1.165, 1.54) is 0 Å². The van der Waals surface area contributed by atoms with Gasteiger partial charge in [0, 0.05) is 42.2 Å². The van der Waals surface area contributed by atoms with Gasteiger partial charge in [-0.05, 0) is 56.4 Å². The lowest BCUT2D eigenvalue weighted by Crippen LogP contribution is -2.32. The van der Waals surface area contributed by atoms with E-state index >= 15 is 0 Å². The van der Waals surface area contributed by atoms with Crippen LogP contribution in [0.15, 0.2) is 77.8 Å². The maximum absolute atomic E-state index is 12.8. The number of anilines is 1. The molecule has 3 aromatic carbocycles. The molecule has 0 atom stereocenters. The Morgan fingerprint density at radius 1 is 0.925 bits per heavy atom. The fourth-order valence-electron chi connectivity index (χ4n) is 4.61. The monoisotopic (exact) mass is 540 g/mol. The van der Waals surface area contributed by atoms with Gasteiger partial charge >= 0.3 is 5.97 Å². The summed E-state index contributed by atoms with van der Waals surface area (Å²) in [5, 5.41) is 11.7. The first-order chi connectivity index (χ1) is 19.4. The topological polar surface area (TPSA) is 98.2 Å². The molecule has 0 radical (unpaired) electrons. The van der Waals surface area contributed by atoms with Crippen molar-refractivity contribution in [2.45, 2.75) is 27.2 Å². The number of H-pyrrole nitrogens is 1. The van der Waals surface area contributed by atoms with Gasteiger partial charge in [0.25, 0.3) is 0 Å². The van der Waals surface area contributed by atoms with Crippen LogP contribution >= 0.6 is 0 Å². The molecule has 1 amide bonds. The standard InChI is InChI=1S/C32H36N4O4/c1-5-36(6-2)20-19-28(37)35(4)25-16-14-24(15-17-25)33-30(22-11-9-8-10-12-22)29-26-18-13-23(32(39)40-7-3)21-27(26)34-31(29)38/h8-18,21,34,38H,5-7,19-20H2,1-4H3. The SMILES string of the molecule is CCOC(=O)c1ccc2c(C(=Nc3ccc(N(C)C(=O)CCN(CC)CC)cc3)c3ccccc3)c(O)[nH]c2c1. The molecule has 1 aromatic heterocycles. The highest BCUT2D eigenvalue weighted by atomic mass is 16.5. The lowest BCUT2D eigenvalue weighted by Gasteiger charge is -2.21. The third kappa shape index (κ3) is 6.40. The number of esters is 1. The molecule has 2 N–H and O–H groups in total. The van der Waals surface area contributed by atoms with E-state index in [9.17, 15) is 14.7 Å². The zero-order chi connectivity index (χ0) is 28.6. The molecule has 208 valence electrons. The number of nitrogens with one attached hydrogen (secondary N) is 1. The van der Waals surface area contributed by atoms with E-state index < -0.39 is 5.97 Å². The lowest BCUT2D eigenvalue weighted by molar-refractivity contribution is -0.118. The minimum absolute atomic E-state index is 0.0474. The van der Waals surface area contributed by atoms with Gasteiger partial charge in [-0.2, -0.15) is 0 Å². The third-order valence-corrected chi connectivity index (χ3v) is 6.96. The van der Waals surface area contributed by atoms with Crippen LogP contribution in [0.5, 0.6) is 5.88 Å². The molecule has 8 heteroatoms. The van der Waals surface area contributed by atoms with Crippen LogP contribution in [-0.2, 0) is 9.53 Å². The van der Waals surface area contributed by atoms with Crippen molar-refractivity contribution in [3.8, 4) is 5.88 Å². The van der Waals surface area contributed by atoms with Crippen LogP contribution in [0.3, 0.4) is 0 Å². The second-order valence-electron chi connectivity index (χ2n) is 9.40. The highest BCUT2D eigenvalue weighted by Gasteiger charge is 2.20. The number of fused-ring (bicyclic) bond motifs is 1. The minimum Gasteiger partial charge on any atom is -0.494 e. The van der Waals surface area contributed by atoms with E-state index in [0.29, 0.717) is 34.5 Å². The summed E-state index contributed by atoms with van der Waals surface area (Å²) in [4.78, 5) is 36.8. The number of ether oxygens (including phenoxy) is 1. The van der Waals surface area contributed by atoms with Crippen LogP contribution in [0.1, 0.15) is 48.7 Å². The van der Waals surface area contributed by atoms with Crippen molar-refractivity contribution in [2.24, 2.45) is 4.99 Å². The molecule has 0 fully saturated rings. The molecule has 4 rings (SSSR count). The second kappa shape index (κ2) is 13.1. The van der Waals surface area contributed by atoms with Gasteiger partial charge in [-0.15, -0.1) is 0 Å². The van der Waals surface area contributed by atoms with Crippen LogP contribution in [0.4, 0.5) is 11.4 Å². The summed E-state index contributed by atoms with van der Waals surface area (Å²) in [6, 6.07) is 22.2. The molecule has 0 aliphatic rings. The largest absolute Gasteiger partial charge is 0.494 e. The number of aliphatic imine (C=N–C) groups is 1. The van der Waals surface area contributed by atoms with Gasteiger partial charge < -0.3 is 24.6 Å². The Labute approximate surface area is 234 Å². The molecule has 1 heterocycles. The maximum Gasteiger partial charge on any atom is 0.338 e. The van der Waals surface area contributed by atoms with Gasteiger partial charge in [0.15, 0.2) is 5.88 Å². The van der Waals surface area contributed by atoms with Crippen molar-refractivity contribution in [3.05, 3.63) is 89.5 Å². The minimum atomic E-state index is -0.423. The molecular weight excluding hydrogens is 504 g/mol. The van der Waals surface area contributed by atoms with Crippen molar-refractivity contribution in [1.29, 1.82) is 0 Å². The number of amides is 1. The molecule has 0 aliphatic carbocycles. The summed E-state index contributed by atoms with van der Waals surface area (Å²) in [7, 11) is 1.78. The summed E-state index contributed by atoms with van der Waals surface area (Å²) < 4.78 is 5.12. The first-order valence-electron chi connectivity index (χ1n) is 13.6. The summed E-state index contributed by atoms with van der Waals surface area (Å²) in [5.74, 6) is -0.415.